The zero-order valence-corrected chi connectivity index (χ0v) is 11.4. The van der Waals surface area contributed by atoms with Crippen LogP contribution in [0.5, 0.6) is 0 Å². The van der Waals surface area contributed by atoms with Crippen molar-refractivity contribution in [3.8, 4) is 0 Å². The molecule has 0 amide bonds. The summed E-state index contributed by atoms with van der Waals surface area (Å²) in [6.45, 7) is 0. The maximum Gasteiger partial charge on any atom is 0.243 e. The molecule has 0 saturated heterocycles. The largest absolute Gasteiger partial charge is 0.255 e. The Morgan fingerprint density at radius 3 is 2.61 bits per heavy atom. The van der Waals surface area contributed by atoms with Gasteiger partial charge in [-0.3, -0.25) is 4.98 Å². The van der Waals surface area contributed by atoms with Crippen LogP contribution in [0.25, 0.3) is 10.9 Å². The van der Waals surface area contributed by atoms with Gasteiger partial charge in [-0.25, -0.2) is 17.5 Å². The summed E-state index contributed by atoms with van der Waals surface area (Å²) in [7, 11) is -2.56. The third-order valence-corrected chi connectivity index (χ3v) is 4.50. The van der Waals surface area contributed by atoms with E-state index in [2.05, 4.69) is 9.71 Å². The summed E-state index contributed by atoms with van der Waals surface area (Å²) in [5.74, 6) is -0.719. The Kier molecular flexibility index (Phi) is 3.46. The number of halogens is 3. The van der Waals surface area contributed by atoms with Crippen LogP contribution < -0.4 is 4.72 Å². The number of benzene rings is 1. The molecule has 18 heavy (non-hydrogen) atoms. The van der Waals surface area contributed by atoms with Gasteiger partial charge in [0.2, 0.25) is 10.0 Å². The van der Waals surface area contributed by atoms with Crippen molar-refractivity contribution >= 4 is 44.1 Å². The van der Waals surface area contributed by atoms with Gasteiger partial charge in [0, 0.05) is 11.2 Å². The summed E-state index contributed by atoms with van der Waals surface area (Å²) in [5.41, 5.74) is 0.194. The average molecular weight is 309 g/mol. The van der Waals surface area contributed by atoms with Crippen LogP contribution in [-0.4, -0.2) is 20.4 Å². The molecular formula is C10H7Cl2FN2O2S. The molecule has 0 radical (unpaired) electrons. The first-order valence-corrected chi connectivity index (χ1v) is 6.97. The lowest BCUT2D eigenvalue weighted by Gasteiger charge is -2.08. The molecule has 2 aromatic rings. The smallest absolute Gasteiger partial charge is 0.243 e. The van der Waals surface area contributed by atoms with E-state index in [1.165, 1.54) is 13.1 Å². The van der Waals surface area contributed by atoms with Gasteiger partial charge in [0.15, 0.2) is 0 Å². The number of sulfonamides is 1. The fraction of sp³-hybridized carbons (Fsp3) is 0.100. The maximum absolute atomic E-state index is 13.8. The van der Waals surface area contributed by atoms with E-state index < -0.39 is 15.8 Å². The molecule has 0 fully saturated rings. The molecule has 4 nitrogen and oxygen atoms in total. The number of pyridine rings is 1. The maximum atomic E-state index is 13.8. The molecule has 96 valence electrons. The van der Waals surface area contributed by atoms with Crippen molar-refractivity contribution in [2.45, 2.75) is 4.90 Å². The Labute approximate surface area is 113 Å². The third-order valence-electron chi connectivity index (χ3n) is 2.35. The molecule has 0 spiro atoms. The molecule has 1 aromatic heterocycles. The minimum absolute atomic E-state index is 0.0719. The predicted octanol–water partition coefficient (Wildman–Crippen LogP) is 2.59. The highest BCUT2D eigenvalue weighted by Crippen LogP contribution is 2.32. The zero-order chi connectivity index (χ0) is 13.5. The number of hydrogen-bond acceptors (Lipinski definition) is 3. The van der Waals surface area contributed by atoms with Crippen molar-refractivity contribution < 1.29 is 12.8 Å². The monoisotopic (exact) mass is 308 g/mol. The van der Waals surface area contributed by atoms with Gasteiger partial charge in [-0.05, 0) is 19.2 Å². The quantitative estimate of drug-likeness (QED) is 0.927. The van der Waals surface area contributed by atoms with Gasteiger partial charge in [0.05, 0.1) is 15.9 Å². The molecule has 0 unspecified atom stereocenters. The van der Waals surface area contributed by atoms with Gasteiger partial charge < -0.3 is 0 Å². The number of aromatic nitrogens is 1. The number of rotatable bonds is 2. The molecule has 8 heteroatoms. The van der Waals surface area contributed by atoms with Crippen LogP contribution in [0.4, 0.5) is 4.39 Å². The predicted molar refractivity (Wildman–Crippen MR) is 68.0 cm³/mol. The summed E-state index contributed by atoms with van der Waals surface area (Å²) in [4.78, 5) is 3.57. The van der Waals surface area contributed by atoms with Crippen LogP contribution in [0.2, 0.25) is 10.0 Å². The Hall–Kier alpha value is -0.950. The van der Waals surface area contributed by atoms with Crippen LogP contribution >= 0.6 is 23.2 Å². The average Bonchev–Trinajstić information content (AvgIpc) is 2.27. The molecule has 0 saturated carbocycles. The van der Waals surface area contributed by atoms with E-state index in [9.17, 15) is 12.8 Å². The Morgan fingerprint density at radius 1 is 1.33 bits per heavy atom. The van der Waals surface area contributed by atoms with Crippen LogP contribution in [-0.2, 0) is 10.0 Å². The molecule has 0 aliphatic rings. The lowest BCUT2D eigenvalue weighted by atomic mass is 10.2. The number of nitrogens with zero attached hydrogens (tertiary/aromatic N) is 1. The lowest BCUT2D eigenvalue weighted by molar-refractivity contribution is 0.588. The van der Waals surface area contributed by atoms with Gasteiger partial charge in [-0.15, -0.1) is 0 Å². The zero-order valence-electron chi connectivity index (χ0n) is 9.04. The van der Waals surface area contributed by atoms with E-state index in [0.717, 1.165) is 12.3 Å². The van der Waals surface area contributed by atoms with Crippen LogP contribution in [0.15, 0.2) is 23.2 Å². The highest BCUT2D eigenvalue weighted by atomic mass is 35.5. The van der Waals surface area contributed by atoms with Gasteiger partial charge in [0.25, 0.3) is 0 Å². The van der Waals surface area contributed by atoms with Gasteiger partial charge in [-0.1, -0.05) is 23.2 Å². The molecule has 1 N–H and O–H groups in total. The van der Waals surface area contributed by atoms with Crippen molar-refractivity contribution in [2.75, 3.05) is 7.05 Å². The highest BCUT2D eigenvalue weighted by Gasteiger charge is 2.20. The minimum atomic E-state index is -3.79. The Bertz CT molecular complexity index is 734. The second-order valence-corrected chi connectivity index (χ2v) is 6.10. The number of fused-ring (bicyclic) bond motifs is 1. The normalized spacial score (nSPS) is 12.0. The number of hydrogen-bond donors (Lipinski definition) is 1. The first-order chi connectivity index (χ1) is 8.36. The highest BCUT2D eigenvalue weighted by molar-refractivity contribution is 7.89. The molecular weight excluding hydrogens is 302 g/mol. The van der Waals surface area contributed by atoms with Gasteiger partial charge >= 0.3 is 0 Å². The van der Waals surface area contributed by atoms with E-state index in [0.29, 0.717) is 0 Å². The van der Waals surface area contributed by atoms with Crippen molar-refractivity contribution in [1.29, 1.82) is 0 Å². The molecule has 1 aromatic carbocycles. The summed E-state index contributed by atoms with van der Waals surface area (Å²) >= 11 is 11.6. The first kappa shape index (κ1) is 13.5. The number of nitrogens with one attached hydrogen (secondary N) is 1. The summed E-state index contributed by atoms with van der Waals surface area (Å²) < 4.78 is 39.2. The van der Waals surface area contributed by atoms with Crippen molar-refractivity contribution in [3.63, 3.8) is 0 Å². The third kappa shape index (κ3) is 2.16. The molecule has 0 aliphatic heterocycles. The van der Waals surface area contributed by atoms with Crippen molar-refractivity contribution in [1.82, 2.24) is 9.71 Å². The van der Waals surface area contributed by atoms with E-state index in [4.69, 9.17) is 23.2 Å². The Morgan fingerprint density at radius 2 is 2.00 bits per heavy atom. The summed E-state index contributed by atoms with van der Waals surface area (Å²) in [6, 6.07) is 2.45. The SMILES string of the molecule is CNS(=O)(=O)c1cnc2cc(Cl)cc(F)c2c1Cl. The van der Waals surface area contributed by atoms with Crippen LogP contribution in [0.1, 0.15) is 0 Å². The fourth-order valence-corrected chi connectivity index (χ4v) is 2.97. The molecule has 0 aliphatic carbocycles. The van der Waals surface area contributed by atoms with Gasteiger partial charge in [0.1, 0.15) is 10.7 Å². The van der Waals surface area contributed by atoms with E-state index in [1.54, 1.807) is 0 Å². The molecule has 2 rings (SSSR count). The molecule has 0 bridgehead atoms. The van der Waals surface area contributed by atoms with E-state index in [1.807, 2.05) is 0 Å². The topological polar surface area (TPSA) is 59.1 Å². The second-order valence-electron chi connectivity index (χ2n) is 3.43. The second kappa shape index (κ2) is 4.62. The van der Waals surface area contributed by atoms with Crippen LogP contribution in [0.3, 0.4) is 0 Å². The Balaban J connectivity index is 2.88. The van der Waals surface area contributed by atoms with Crippen molar-refractivity contribution in [3.05, 3.63) is 34.2 Å². The standard InChI is InChI=1S/C10H7Cl2FN2O2S/c1-14-18(16,17)8-4-15-7-3-5(11)2-6(13)9(7)10(8)12/h2-4,14H,1H3. The first-order valence-electron chi connectivity index (χ1n) is 4.73. The van der Waals surface area contributed by atoms with E-state index in [-0.39, 0.29) is 25.8 Å². The molecule has 0 atom stereocenters. The van der Waals surface area contributed by atoms with E-state index >= 15 is 0 Å². The lowest BCUT2D eigenvalue weighted by Crippen LogP contribution is -2.19. The molecule has 1 heterocycles. The minimum Gasteiger partial charge on any atom is -0.255 e. The summed E-state index contributed by atoms with van der Waals surface area (Å²) in [5, 5.41) is -0.131. The fourth-order valence-electron chi connectivity index (χ4n) is 1.48. The van der Waals surface area contributed by atoms with Crippen molar-refractivity contribution in [2.24, 2.45) is 0 Å². The summed E-state index contributed by atoms with van der Waals surface area (Å²) in [6.07, 6.45) is 1.06. The van der Waals surface area contributed by atoms with Crippen LogP contribution in [0, 0.1) is 5.82 Å². The van der Waals surface area contributed by atoms with Gasteiger partial charge in [-0.2, -0.15) is 0 Å².